The molecule has 9 N–H and O–H groups in total. The minimum absolute atomic E-state index is 0.0889. The van der Waals surface area contributed by atoms with E-state index in [-0.39, 0.29) is 69.5 Å². The molecule has 0 aliphatic carbocycles. The van der Waals surface area contributed by atoms with Crippen molar-refractivity contribution >= 4 is 58.6 Å². The van der Waals surface area contributed by atoms with Gasteiger partial charge in [0.1, 0.15) is 24.1 Å². The van der Waals surface area contributed by atoms with E-state index in [4.69, 9.17) is 16.5 Å². The first-order valence-corrected chi connectivity index (χ1v) is 23.0. The van der Waals surface area contributed by atoms with Crippen molar-refractivity contribution in [2.45, 2.75) is 84.5 Å². The predicted octanol–water partition coefficient (Wildman–Crippen LogP) is 3.61. The summed E-state index contributed by atoms with van der Waals surface area (Å²) in [6.45, 7) is 6.18. The molecule has 19 nitrogen and oxygen atoms in total. The van der Waals surface area contributed by atoms with Crippen molar-refractivity contribution < 1.29 is 52.2 Å². The van der Waals surface area contributed by atoms with Crippen molar-refractivity contribution in [2.24, 2.45) is 22.8 Å². The largest absolute Gasteiger partial charge is 0.387 e. The Labute approximate surface area is 409 Å². The number of rotatable bonds is 24. The summed E-state index contributed by atoms with van der Waals surface area (Å²) in [7, 11) is 0. The maximum absolute atomic E-state index is 15.1. The lowest BCUT2D eigenvalue weighted by atomic mass is 9.84. The predicted molar refractivity (Wildman–Crippen MR) is 259 cm³/mol. The van der Waals surface area contributed by atoms with Gasteiger partial charge in [0.25, 0.3) is 11.8 Å². The van der Waals surface area contributed by atoms with Crippen LogP contribution in [0.4, 0.5) is 25.0 Å². The van der Waals surface area contributed by atoms with Gasteiger partial charge in [-0.05, 0) is 79.6 Å². The number of carbonyl (C=O) groups excluding carboxylic acids is 8. The number of amides is 8. The number of carbonyl (C=O) groups is 8. The van der Waals surface area contributed by atoms with E-state index in [1.807, 2.05) is 51.1 Å². The van der Waals surface area contributed by atoms with E-state index in [0.717, 1.165) is 40.8 Å². The van der Waals surface area contributed by atoms with Crippen LogP contribution in [-0.2, 0) is 40.1 Å². The average Bonchev–Trinajstić information content (AvgIpc) is 3.89. The molecule has 1 aliphatic heterocycles. The Morgan fingerprint density at radius 3 is 2.18 bits per heavy atom. The van der Waals surface area contributed by atoms with E-state index in [2.05, 4.69) is 21.3 Å². The van der Waals surface area contributed by atoms with Crippen molar-refractivity contribution in [3.8, 4) is 11.3 Å². The van der Waals surface area contributed by atoms with Crippen LogP contribution in [0.3, 0.4) is 0 Å². The Kier molecular flexibility index (Phi) is 18.9. The summed E-state index contributed by atoms with van der Waals surface area (Å²) in [6, 6.07) is 14.4. The third-order valence-electron chi connectivity index (χ3n) is 11.6. The smallest absolute Gasteiger partial charge is 0.312 e. The summed E-state index contributed by atoms with van der Waals surface area (Å²) >= 11 is 0. The van der Waals surface area contributed by atoms with Crippen LogP contribution in [-0.4, -0.2) is 105 Å². The van der Waals surface area contributed by atoms with Gasteiger partial charge in [-0.3, -0.25) is 33.6 Å². The number of ketones is 1. The number of hydrogen-bond acceptors (Lipinski definition) is 11. The molecule has 0 saturated heterocycles. The number of benzene rings is 3. The molecule has 0 fully saturated rings. The van der Waals surface area contributed by atoms with Crippen LogP contribution < -0.4 is 37.6 Å². The Morgan fingerprint density at radius 1 is 0.873 bits per heavy atom. The number of halogens is 2. The molecular formula is C50H60F2N10O9. The minimum Gasteiger partial charge on any atom is -0.387 e. The molecule has 21 heteroatoms. The van der Waals surface area contributed by atoms with Gasteiger partial charge in [0.05, 0.1) is 29.5 Å². The Morgan fingerprint density at radius 2 is 1.55 bits per heavy atom. The molecule has 8 amide bonds. The van der Waals surface area contributed by atoms with E-state index < -0.39 is 95.0 Å². The topological polar surface area (TPSA) is 281 Å². The number of urea groups is 1. The molecule has 378 valence electrons. The highest BCUT2D eigenvalue weighted by Gasteiger charge is 2.39. The first-order chi connectivity index (χ1) is 33.7. The lowest BCUT2D eigenvalue weighted by Gasteiger charge is -2.40. The maximum atomic E-state index is 15.1. The van der Waals surface area contributed by atoms with Gasteiger partial charge < -0.3 is 47.3 Å². The molecule has 1 aromatic heterocycles. The van der Waals surface area contributed by atoms with Crippen molar-refractivity contribution in [3.63, 3.8) is 0 Å². The van der Waals surface area contributed by atoms with E-state index in [0.29, 0.717) is 17.2 Å². The summed E-state index contributed by atoms with van der Waals surface area (Å²) < 4.78 is 31.2. The number of imidazole rings is 1. The van der Waals surface area contributed by atoms with Crippen molar-refractivity contribution in [2.75, 3.05) is 36.5 Å². The Balaban J connectivity index is 1.18. The number of imide groups is 1. The monoisotopic (exact) mass is 982 g/mol. The van der Waals surface area contributed by atoms with E-state index >= 15 is 4.39 Å². The number of hydrogen-bond donors (Lipinski definition) is 7. The molecule has 0 saturated carbocycles. The third-order valence-corrected chi connectivity index (χ3v) is 11.6. The Hall–Kier alpha value is -7.65. The molecular weight excluding hydrogens is 923 g/mol. The number of nitrogens with zero attached hydrogens (tertiary/aromatic N) is 4. The zero-order chi connectivity index (χ0) is 52.0. The number of nitrogens with two attached hydrogens (primary N) is 2. The summed E-state index contributed by atoms with van der Waals surface area (Å²) in [5.74, 6) is -5.92. The van der Waals surface area contributed by atoms with E-state index in [1.54, 1.807) is 10.8 Å². The molecule has 5 rings (SSSR count). The van der Waals surface area contributed by atoms with Crippen LogP contribution in [0.1, 0.15) is 77.2 Å². The molecule has 4 aromatic rings. The molecule has 0 bridgehead atoms. The molecule has 71 heavy (non-hydrogen) atoms. The molecule has 0 spiro atoms. The van der Waals surface area contributed by atoms with Crippen LogP contribution in [0.5, 0.6) is 0 Å². The van der Waals surface area contributed by atoms with Gasteiger partial charge in [0.2, 0.25) is 23.6 Å². The quantitative estimate of drug-likeness (QED) is 0.0394. The van der Waals surface area contributed by atoms with Gasteiger partial charge in [0, 0.05) is 74.5 Å². The van der Waals surface area contributed by atoms with Crippen LogP contribution in [0.25, 0.3) is 11.3 Å². The molecule has 0 unspecified atom stereocenters. The number of anilines is 2. The number of aliphatic hydroxyl groups excluding tert-OH is 1. The van der Waals surface area contributed by atoms with Crippen LogP contribution in [0.2, 0.25) is 0 Å². The standard InChI is InChI=1S/C50H60F2N10O9/c1-30(40(64)25-32(11-8-22-56-49(54)71)47(69)58-34-13-15-35(16-14-34)62-42(66)18-19-43(62)67)57-41(65)20-23-55-48(70)38(53)21-24-61(44(68)29-63)45(50(2,3)4)46-59-39(36-26-33(51)12-17-37(36)52)28-60(46)27-31-9-6-5-7-10-31/h5-7,9-10,12-19,26,28,30,32,38,45,63H,8,11,20-25,27,29,53H2,1-4H3,(H,55,70)(H,57,65)(H,58,69)(H3,54,56,71)/t30-,32+,38-,45-/m0/s1. The fourth-order valence-electron chi connectivity index (χ4n) is 7.99. The van der Waals surface area contributed by atoms with Crippen LogP contribution >= 0.6 is 0 Å². The zero-order valence-corrected chi connectivity index (χ0v) is 40.0. The lowest BCUT2D eigenvalue weighted by molar-refractivity contribution is -0.140. The number of nitrogens with one attached hydrogen (secondary N) is 4. The average molecular weight is 983 g/mol. The lowest BCUT2D eigenvalue weighted by Crippen LogP contribution is -2.48. The Bertz CT molecular complexity index is 2600. The van der Waals surface area contributed by atoms with Gasteiger partial charge in [-0.1, -0.05) is 51.1 Å². The van der Waals surface area contributed by atoms with Crippen molar-refractivity contribution in [1.29, 1.82) is 0 Å². The zero-order valence-electron chi connectivity index (χ0n) is 40.0. The first-order valence-electron chi connectivity index (χ1n) is 23.0. The maximum Gasteiger partial charge on any atom is 0.312 e. The van der Waals surface area contributed by atoms with Crippen molar-refractivity contribution in [3.05, 3.63) is 114 Å². The molecule has 0 radical (unpaired) electrons. The summed E-state index contributed by atoms with van der Waals surface area (Å²) in [6.07, 6.45) is 3.68. The first kappa shape index (κ1) is 54.3. The molecule has 2 heterocycles. The second-order valence-corrected chi connectivity index (χ2v) is 18.1. The molecule has 3 aromatic carbocycles. The number of aliphatic hydroxyl groups is 1. The number of Topliss-reactive ketones (excluding diaryl/α,β-unsaturated/α-hetero) is 1. The minimum atomic E-state index is -1.19. The van der Waals surface area contributed by atoms with E-state index in [9.17, 15) is 47.9 Å². The van der Waals surface area contributed by atoms with Gasteiger partial charge in [-0.2, -0.15) is 0 Å². The van der Waals surface area contributed by atoms with Crippen LogP contribution in [0.15, 0.2) is 91.1 Å². The molecule has 4 atom stereocenters. The van der Waals surface area contributed by atoms with E-state index in [1.165, 1.54) is 36.1 Å². The highest BCUT2D eigenvalue weighted by molar-refractivity contribution is 6.28. The van der Waals surface area contributed by atoms with Gasteiger partial charge >= 0.3 is 6.03 Å². The summed E-state index contributed by atoms with van der Waals surface area (Å²) in [5, 5.41) is 20.5. The second-order valence-electron chi connectivity index (χ2n) is 18.1. The fraction of sp³-hybridized carbons (Fsp3) is 0.380. The summed E-state index contributed by atoms with van der Waals surface area (Å²) in [4.78, 5) is 109. The molecule has 1 aliphatic rings. The highest BCUT2D eigenvalue weighted by atomic mass is 19.1. The highest BCUT2D eigenvalue weighted by Crippen LogP contribution is 2.40. The number of primary amides is 1. The third kappa shape index (κ3) is 15.2. The SMILES string of the molecule is C[C@H](NC(=O)CCNC(=O)[C@@H](N)CCN(C(=O)CO)[C@@H](c1nc(-c2cc(F)ccc2F)cn1Cc1ccccc1)C(C)(C)C)C(=O)C[C@@H](CCCNC(N)=O)C(=O)Nc1ccc(N2C(=O)C=CC2=O)cc1. The normalized spacial score (nSPS) is 14.1. The van der Waals surface area contributed by atoms with Gasteiger partial charge in [-0.25, -0.2) is 23.5 Å². The van der Waals surface area contributed by atoms with Crippen LogP contribution in [0, 0.1) is 23.0 Å². The van der Waals surface area contributed by atoms with Gasteiger partial charge in [0.15, 0.2) is 5.78 Å². The summed E-state index contributed by atoms with van der Waals surface area (Å²) in [5.41, 5.74) is 12.2. The van der Waals surface area contributed by atoms with Gasteiger partial charge in [-0.15, -0.1) is 0 Å². The van der Waals surface area contributed by atoms with Crippen molar-refractivity contribution in [1.82, 2.24) is 30.4 Å². The fourth-order valence-corrected chi connectivity index (χ4v) is 7.99. The second kappa shape index (κ2) is 24.8. The number of aromatic nitrogens is 2.